The third-order valence-corrected chi connectivity index (χ3v) is 8.56. The van der Waals surface area contributed by atoms with E-state index in [1.807, 2.05) is 13.0 Å². The number of carbonyl (C=O) groups excluding carboxylic acids is 2. The van der Waals surface area contributed by atoms with Crippen molar-refractivity contribution < 1.29 is 27.5 Å². The van der Waals surface area contributed by atoms with Crippen LogP contribution in [0.2, 0.25) is 5.02 Å². The van der Waals surface area contributed by atoms with Crippen LogP contribution in [-0.2, 0) is 26.2 Å². The zero-order valence-corrected chi connectivity index (χ0v) is 25.2. The number of rotatable bonds is 14. The molecule has 11 heteroatoms. The van der Waals surface area contributed by atoms with Crippen LogP contribution in [0.4, 0.5) is 5.69 Å². The molecule has 0 aromatic heterocycles. The molecule has 0 aliphatic carbocycles. The fourth-order valence-electron chi connectivity index (χ4n) is 4.10. The number of sulfonamides is 1. The first-order chi connectivity index (χ1) is 19.6. The molecule has 0 bridgehead atoms. The van der Waals surface area contributed by atoms with E-state index in [-0.39, 0.29) is 23.0 Å². The number of halogens is 1. The second-order valence-electron chi connectivity index (χ2n) is 9.36. The Kier molecular flexibility index (Phi) is 11.4. The van der Waals surface area contributed by atoms with Gasteiger partial charge in [-0.05, 0) is 79.6 Å². The smallest absolute Gasteiger partial charge is 0.264 e. The predicted octanol–water partition coefficient (Wildman–Crippen LogP) is 4.89. The van der Waals surface area contributed by atoms with Crippen LogP contribution >= 0.6 is 11.6 Å². The molecule has 0 spiro atoms. The van der Waals surface area contributed by atoms with Crippen LogP contribution in [0.3, 0.4) is 0 Å². The number of ether oxygens (including phenoxy) is 2. The van der Waals surface area contributed by atoms with Gasteiger partial charge in [-0.25, -0.2) is 8.42 Å². The summed E-state index contributed by atoms with van der Waals surface area (Å²) < 4.78 is 39.3. The standard InChI is InChI=1S/C30H36ClN3O6S/c1-5-6-18-32-30(36)22(2)33(20-23-8-7-9-27(19-23)40-4)29(35)21-34(25-12-10-24(31)11-13-25)41(37,38)28-16-14-26(39-3)15-17-28/h7-17,19,22H,5-6,18,20-21H2,1-4H3,(H,32,36). The second kappa shape index (κ2) is 14.7. The van der Waals surface area contributed by atoms with Gasteiger partial charge in [0.15, 0.2) is 0 Å². The van der Waals surface area contributed by atoms with Crippen LogP contribution in [0, 0.1) is 0 Å². The average molecular weight is 602 g/mol. The molecule has 2 amide bonds. The Bertz CT molecular complexity index is 1410. The number of anilines is 1. The second-order valence-corrected chi connectivity index (χ2v) is 11.7. The first-order valence-electron chi connectivity index (χ1n) is 13.2. The first-order valence-corrected chi connectivity index (χ1v) is 15.0. The summed E-state index contributed by atoms with van der Waals surface area (Å²) in [6, 6.07) is 18.3. The van der Waals surface area contributed by atoms with E-state index < -0.39 is 28.5 Å². The maximum Gasteiger partial charge on any atom is 0.264 e. The van der Waals surface area contributed by atoms with E-state index >= 15 is 0 Å². The molecule has 0 heterocycles. The number of nitrogens with one attached hydrogen (secondary N) is 1. The molecular weight excluding hydrogens is 566 g/mol. The highest BCUT2D eigenvalue weighted by molar-refractivity contribution is 7.92. The van der Waals surface area contributed by atoms with E-state index in [0.29, 0.717) is 23.1 Å². The van der Waals surface area contributed by atoms with Gasteiger partial charge in [-0.3, -0.25) is 13.9 Å². The summed E-state index contributed by atoms with van der Waals surface area (Å²) in [5.41, 5.74) is 0.974. The monoisotopic (exact) mass is 601 g/mol. The van der Waals surface area contributed by atoms with Crippen LogP contribution < -0.4 is 19.1 Å². The number of nitrogens with zero attached hydrogens (tertiary/aromatic N) is 2. The highest BCUT2D eigenvalue weighted by atomic mass is 35.5. The van der Waals surface area contributed by atoms with Crippen LogP contribution in [0.25, 0.3) is 0 Å². The summed E-state index contributed by atoms with van der Waals surface area (Å²) >= 11 is 6.07. The molecule has 0 radical (unpaired) electrons. The van der Waals surface area contributed by atoms with Crippen molar-refractivity contribution in [2.24, 2.45) is 0 Å². The summed E-state index contributed by atoms with van der Waals surface area (Å²) in [5, 5.41) is 3.28. The van der Waals surface area contributed by atoms with Crippen LogP contribution in [0.1, 0.15) is 32.3 Å². The fraction of sp³-hybridized carbons (Fsp3) is 0.333. The van der Waals surface area contributed by atoms with Gasteiger partial charge in [0, 0.05) is 18.1 Å². The molecule has 1 N–H and O–H groups in total. The van der Waals surface area contributed by atoms with Crippen LogP contribution in [0.15, 0.2) is 77.7 Å². The third-order valence-electron chi connectivity index (χ3n) is 6.52. The van der Waals surface area contributed by atoms with Crippen molar-refractivity contribution in [3.05, 3.63) is 83.4 Å². The lowest BCUT2D eigenvalue weighted by Gasteiger charge is -2.32. The number of carbonyl (C=O) groups is 2. The van der Waals surface area contributed by atoms with Gasteiger partial charge in [-0.2, -0.15) is 0 Å². The van der Waals surface area contributed by atoms with Crippen molar-refractivity contribution in [3.8, 4) is 11.5 Å². The Balaban J connectivity index is 2.00. The van der Waals surface area contributed by atoms with Crippen molar-refractivity contribution in [2.75, 3.05) is 31.6 Å². The fourth-order valence-corrected chi connectivity index (χ4v) is 5.64. The Morgan fingerprint density at radius 1 is 0.951 bits per heavy atom. The average Bonchev–Trinajstić information content (AvgIpc) is 2.98. The maximum absolute atomic E-state index is 14.0. The van der Waals surface area contributed by atoms with E-state index in [1.54, 1.807) is 44.4 Å². The predicted molar refractivity (Wildman–Crippen MR) is 160 cm³/mol. The molecule has 220 valence electrons. The van der Waals surface area contributed by atoms with Crippen molar-refractivity contribution in [2.45, 2.75) is 44.2 Å². The molecule has 0 saturated carbocycles. The number of hydrogen-bond donors (Lipinski definition) is 1. The van der Waals surface area contributed by atoms with E-state index in [4.69, 9.17) is 21.1 Å². The molecular formula is C30H36ClN3O6S. The molecule has 0 aliphatic rings. The molecule has 1 unspecified atom stereocenters. The topological polar surface area (TPSA) is 105 Å². The minimum atomic E-state index is -4.20. The molecule has 3 aromatic carbocycles. The van der Waals surface area contributed by atoms with Crippen molar-refractivity contribution in [3.63, 3.8) is 0 Å². The van der Waals surface area contributed by atoms with E-state index in [0.717, 1.165) is 22.7 Å². The van der Waals surface area contributed by atoms with Gasteiger partial charge in [0.05, 0.1) is 24.8 Å². The highest BCUT2D eigenvalue weighted by Crippen LogP contribution is 2.27. The molecule has 0 aliphatic heterocycles. The minimum absolute atomic E-state index is 0.0225. The first kappa shape index (κ1) is 31.8. The zero-order valence-electron chi connectivity index (χ0n) is 23.7. The quantitative estimate of drug-likeness (QED) is 0.264. The largest absolute Gasteiger partial charge is 0.497 e. The molecule has 3 rings (SSSR count). The van der Waals surface area contributed by atoms with Crippen LogP contribution in [-0.4, -0.2) is 58.5 Å². The Morgan fingerprint density at radius 3 is 2.22 bits per heavy atom. The number of hydrogen-bond acceptors (Lipinski definition) is 6. The Morgan fingerprint density at radius 2 is 1.61 bits per heavy atom. The summed E-state index contributed by atoms with van der Waals surface area (Å²) in [4.78, 5) is 28.4. The molecule has 0 fully saturated rings. The lowest BCUT2D eigenvalue weighted by molar-refractivity contribution is -0.139. The van der Waals surface area contributed by atoms with Crippen molar-refractivity contribution in [1.29, 1.82) is 0 Å². The molecule has 0 saturated heterocycles. The molecule has 1 atom stereocenters. The van der Waals surface area contributed by atoms with E-state index in [2.05, 4.69) is 5.32 Å². The van der Waals surface area contributed by atoms with Gasteiger partial charge in [0.25, 0.3) is 10.0 Å². The lowest BCUT2D eigenvalue weighted by atomic mass is 10.1. The van der Waals surface area contributed by atoms with Gasteiger partial charge < -0.3 is 19.7 Å². The molecule has 3 aromatic rings. The zero-order chi connectivity index (χ0) is 30.0. The van der Waals surface area contributed by atoms with E-state index in [9.17, 15) is 18.0 Å². The van der Waals surface area contributed by atoms with Crippen molar-refractivity contribution >= 4 is 39.1 Å². The number of methoxy groups -OCH3 is 2. The Hall–Kier alpha value is -3.76. The number of amides is 2. The van der Waals surface area contributed by atoms with Gasteiger partial charge in [-0.15, -0.1) is 0 Å². The van der Waals surface area contributed by atoms with Gasteiger partial charge in [0.1, 0.15) is 24.1 Å². The summed E-state index contributed by atoms with van der Waals surface area (Å²) in [6.45, 7) is 3.64. The minimum Gasteiger partial charge on any atom is -0.497 e. The Labute approximate surface area is 247 Å². The summed E-state index contributed by atoms with van der Waals surface area (Å²) in [6.07, 6.45) is 1.70. The van der Waals surface area contributed by atoms with Gasteiger partial charge in [0.2, 0.25) is 11.8 Å². The SMILES string of the molecule is CCCCNC(=O)C(C)N(Cc1cccc(OC)c1)C(=O)CN(c1ccc(Cl)cc1)S(=O)(=O)c1ccc(OC)cc1. The van der Waals surface area contributed by atoms with Gasteiger partial charge in [-0.1, -0.05) is 37.1 Å². The third kappa shape index (κ3) is 8.37. The normalized spacial score (nSPS) is 11.8. The summed E-state index contributed by atoms with van der Waals surface area (Å²) in [7, 11) is -1.17. The van der Waals surface area contributed by atoms with Crippen molar-refractivity contribution in [1.82, 2.24) is 10.2 Å². The maximum atomic E-state index is 14.0. The molecule has 9 nitrogen and oxygen atoms in total. The lowest BCUT2D eigenvalue weighted by Crippen LogP contribution is -2.51. The van der Waals surface area contributed by atoms with E-state index in [1.165, 1.54) is 48.4 Å². The molecule has 41 heavy (non-hydrogen) atoms. The van der Waals surface area contributed by atoms with Crippen LogP contribution in [0.5, 0.6) is 11.5 Å². The van der Waals surface area contributed by atoms with Gasteiger partial charge >= 0.3 is 0 Å². The summed E-state index contributed by atoms with van der Waals surface area (Å²) in [5.74, 6) is 0.203. The number of benzene rings is 3. The number of unbranched alkanes of at least 4 members (excludes halogenated alkanes) is 1. The highest BCUT2D eigenvalue weighted by Gasteiger charge is 2.32.